The molecule has 0 radical (unpaired) electrons. The van der Waals surface area contributed by atoms with E-state index in [-0.39, 0.29) is 0 Å². The first kappa shape index (κ1) is 11.9. The first-order valence-corrected chi connectivity index (χ1v) is 4.82. The quantitative estimate of drug-likeness (QED) is 0.714. The fraction of sp³-hybridized carbons (Fsp3) is 0.545. The van der Waals surface area contributed by atoms with E-state index in [1.54, 1.807) is 0 Å². The molecule has 0 bridgehead atoms. The number of aromatic amines is 1. The lowest BCUT2D eigenvalue weighted by Crippen LogP contribution is -1.88. The predicted molar refractivity (Wildman–Crippen MR) is 56.0 cm³/mol. The van der Waals surface area contributed by atoms with E-state index in [0.29, 0.717) is 6.42 Å². The lowest BCUT2D eigenvalue weighted by molar-refractivity contribution is -0.107. The third kappa shape index (κ3) is 3.45. The van der Waals surface area contributed by atoms with Crippen LogP contribution in [0.5, 0.6) is 0 Å². The third-order valence-electron chi connectivity index (χ3n) is 1.95. The molecule has 0 amide bonds. The molecule has 0 saturated carbocycles. The van der Waals surface area contributed by atoms with E-state index < -0.39 is 0 Å². The van der Waals surface area contributed by atoms with Gasteiger partial charge in [0.05, 0.1) is 0 Å². The Bertz CT molecular complexity index is 231. The van der Waals surface area contributed by atoms with Crippen molar-refractivity contribution in [3.05, 3.63) is 23.0 Å². The van der Waals surface area contributed by atoms with Crippen molar-refractivity contribution in [3.8, 4) is 0 Å². The van der Waals surface area contributed by atoms with Crippen LogP contribution in [-0.2, 0) is 11.2 Å². The van der Waals surface area contributed by atoms with Gasteiger partial charge in [-0.25, -0.2) is 0 Å². The molecule has 0 aliphatic carbocycles. The van der Waals surface area contributed by atoms with Gasteiger partial charge < -0.3 is 9.78 Å². The van der Waals surface area contributed by atoms with Crippen LogP contribution in [-0.4, -0.2) is 11.3 Å². The number of nitrogens with one attached hydrogen (secondary N) is 1. The van der Waals surface area contributed by atoms with Crippen LogP contribution in [0, 0.1) is 13.8 Å². The molecule has 1 aromatic heterocycles. The SMILES string of the molecule is CC.Cc1c[nH]c(C)c1CCC=O. The van der Waals surface area contributed by atoms with Crippen LogP contribution in [0.1, 0.15) is 37.1 Å². The molecular formula is C11H19NO. The van der Waals surface area contributed by atoms with Gasteiger partial charge in [0.1, 0.15) is 6.29 Å². The summed E-state index contributed by atoms with van der Waals surface area (Å²) < 4.78 is 0. The summed E-state index contributed by atoms with van der Waals surface area (Å²) in [5.41, 5.74) is 3.73. The van der Waals surface area contributed by atoms with Gasteiger partial charge >= 0.3 is 0 Å². The van der Waals surface area contributed by atoms with Gasteiger partial charge in [-0.2, -0.15) is 0 Å². The second-order valence-corrected chi connectivity index (χ2v) is 2.78. The van der Waals surface area contributed by atoms with Crippen molar-refractivity contribution in [1.29, 1.82) is 0 Å². The highest BCUT2D eigenvalue weighted by atomic mass is 16.1. The molecule has 0 aromatic carbocycles. The highest BCUT2D eigenvalue weighted by molar-refractivity contribution is 5.50. The molecule has 1 rings (SSSR count). The zero-order valence-corrected chi connectivity index (χ0v) is 8.98. The number of aryl methyl sites for hydroxylation is 2. The fourth-order valence-electron chi connectivity index (χ4n) is 1.27. The van der Waals surface area contributed by atoms with Gasteiger partial charge in [0.25, 0.3) is 0 Å². The molecule has 0 aliphatic rings. The Kier molecular flexibility index (Phi) is 5.94. The minimum absolute atomic E-state index is 0.625. The third-order valence-corrected chi connectivity index (χ3v) is 1.95. The summed E-state index contributed by atoms with van der Waals surface area (Å²) in [6.45, 7) is 8.09. The summed E-state index contributed by atoms with van der Waals surface area (Å²) in [5.74, 6) is 0. The molecule has 0 unspecified atom stereocenters. The van der Waals surface area contributed by atoms with Gasteiger partial charge in [-0.3, -0.25) is 0 Å². The van der Waals surface area contributed by atoms with Crippen LogP contribution < -0.4 is 0 Å². The molecule has 74 valence electrons. The smallest absolute Gasteiger partial charge is 0.120 e. The number of H-pyrrole nitrogens is 1. The lowest BCUT2D eigenvalue weighted by Gasteiger charge is -1.96. The second kappa shape index (κ2) is 6.46. The lowest BCUT2D eigenvalue weighted by atomic mass is 10.1. The van der Waals surface area contributed by atoms with Gasteiger partial charge in [-0.15, -0.1) is 0 Å². The minimum atomic E-state index is 0.625. The van der Waals surface area contributed by atoms with Crippen LogP contribution in [0.4, 0.5) is 0 Å². The Hall–Kier alpha value is -1.05. The molecule has 0 spiro atoms. The van der Waals surface area contributed by atoms with Gasteiger partial charge in [0.15, 0.2) is 0 Å². The van der Waals surface area contributed by atoms with Gasteiger partial charge in [0.2, 0.25) is 0 Å². The Morgan fingerprint density at radius 1 is 1.38 bits per heavy atom. The highest BCUT2D eigenvalue weighted by Gasteiger charge is 2.02. The highest BCUT2D eigenvalue weighted by Crippen LogP contribution is 2.13. The van der Waals surface area contributed by atoms with E-state index in [1.165, 1.54) is 16.8 Å². The minimum Gasteiger partial charge on any atom is -0.365 e. The molecule has 2 nitrogen and oxygen atoms in total. The van der Waals surface area contributed by atoms with E-state index in [9.17, 15) is 4.79 Å². The molecular weight excluding hydrogens is 162 g/mol. The Morgan fingerprint density at radius 2 is 2.00 bits per heavy atom. The van der Waals surface area contributed by atoms with E-state index in [4.69, 9.17) is 0 Å². The number of aromatic nitrogens is 1. The first-order chi connectivity index (χ1) is 6.25. The van der Waals surface area contributed by atoms with Crippen LogP contribution in [0.25, 0.3) is 0 Å². The molecule has 0 atom stereocenters. The molecule has 1 heterocycles. The Morgan fingerprint density at radius 3 is 2.38 bits per heavy atom. The Labute approximate surface area is 80.4 Å². The number of carbonyl (C=O) groups excluding carboxylic acids is 1. The summed E-state index contributed by atoms with van der Waals surface area (Å²) in [7, 11) is 0. The van der Waals surface area contributed by atoms with Gasteiger partial charge in [0, 0.05) is 18.3 Å². The van der Waals surface area contributed by atoms with E-state index in [2.05, 4.69) is 11.9 Å². The van der Waals surface area contributed by atoms with Crippen molar-refractivity contribution in [1.82, 2.24) is 4.98 Å². The van der Waals surface area contributed by atoms with Crippen LogP contribution in [0.15, 0.2) is 6.20 Å². The zero-order valence-electron chi connectivity index (χ0n) is 8.98. The summed E-state index contributed by atoms with van der Waals surface area (Å²) in [6, 6.07) is 0. The normalized spacial score (nSPS) is 8.92. The van der Waals surface area contributed by atoms with E-state index >= 15 is 0 Å². The molecule has 13 heavy (non-hydrogen) atoms. The zero-order chi connectivity index (χ0) is 10.3. The maximum Gasteiger partial charge on any atom is 0.120 e. The van der Waals surface area contributed by atoms with Crippen molar-refractivity contribution in [2.24, 2.45) is 0 Å². The van der Waals surface area contributed by atoms with Crippen molar-refractivity contribution in [3.63, 3.8) is 0 Å². The molecule has 0 fully saturated rings. The van der Waals surface area contributed by atoms with Crippen LogP contribution in [0.2, 0.25) is 0 Å². The van der Waals surface area contributed by atoms with Crippen molar-refractivity contribution in [2.75, 3.05) is 0 Å². The average Bonchev–Trinajstić information content (AvgIpc) is 2.47. The number of hydrogen-bond acceptors (Lipinski definition) is 1. The monoisotopic (exact) mass is 181 g/mol. The van der Waals surface area contributed by atoms with Crippen molar-refractivity contribution in [2.45, 2.75) is 40.5 Å². The van der Waals surface area contributed by atoms with Crippen LogP contribution in [0.3, 0.4) is 0 Å². The summed E-state index contributed by atoms with van der Waals surface area (Å²) in [4.78, 5) is 13.2. The summed E-state index contributed by atoms with van der Waals surface area (Å²) in [6.07, 6.45) is 4.44. The number of carbonyl (C=O) groups is 1. The van der Waals surface area contributed by atoms with Crippen LogP contribution >= 0.6 is 0 Å². The molecule has 2 heteroatoms. The number of rotatable bonds is 3. The molecule has 1 aromatic rings. The molecule has 1 N–H and O–H groups in total. The molecule has 0 aliphatic heterocycles. The maximum atomic E-state index is 10.1. The first-order valence-electron chi connectivity index (χ1n) is 4.82. The largest absolute Gasteiger partial charge is 0.365 e. The Balaban J connectivity index is 0.000000671. The van der Waals surface area contributed by atoms with E-state index in [1.807, 2.05) is 27.0 Å². The summed E-state index contributed by atoms with van der Waals surface area (Å²) in [5, 5.41) is 0. The topological polar surface area (TPSA) is 32.9 Å². The maximum absolute atomic E-state index is 10.1. The standard InChI is InChI=1S/C9H13NO.C2H6/c1-7-6-10-8(2)9(7)4-3-5-11;1-2/h5-6,10H,3-4H2,1-2H3;1-2H3. The van der Waals surface area contributed by atoms with Gasteiger partial charge in [-0.1, -0.05) is 13.8 Å². The predicted octanol–water partition coefficient (Wildman–Crippen LogP) is 2.79. The van der Waals surface area contributed by atoms with Crippen molar-refractivity contribution >= 4 is 6.29 Å². The number of hydrogen-bond donors (Lipinski definition) is 1. The molecule has 0 saturated heterocycles. The van der Waals surface area contributed by atoms with E-state index in [0.717, 1.165) is 12.7 Å². The van der Waals surface area contributed by atoms with Gasteiger partial charge in [-0.05, 0) is 31.4 Å². The fourth-order valence-corrected chi connectivity index (χ4v) is 1.27. The summed E-state index contributed by atoms with van der Waals surface area (Å²) >= 11 is 0. The second-order valence-electron chi connectivity index (χ2n) is 2.78. The van der Waals surface area contributed by atoms with Crippen molar-refractivity contribution < 1.29 is 4.79 Å². The number of aldehydes is 1. The average molecular weight is 181 g/mol.